The van der Waals surface area contributed by atoms with Crippen molar-refractivity contribution in [1.82, 2.24) is 14.5 Å². The molecule has 0 saturated heterocycles. The Morgan fingerprint density at radius 2 is 1.95 bits per heavy atom. The molecule has 0 fully saturated rings. The molecule has 7 nitrogen and oxygen atoms in total. The van der Waals surface area contributed by atoms with Gasteiger partial charge in [0.1, 0.15) is 4.90 Å². The maximum absolute atomic E-state index is 12.1. The minimum atomic E-state index is -3.61. The number of nitrogens with zero attached hydrogens (tertiary/aromatic N) is 2. The van der Waals surface area contributed by atoms with Gasteiger partial charge in [0.05, 0.1) is 12.2 Å². The molecule has 0 atom stereocenters. The summed E-state index contributed by atoms with van der Waals surface area (Å²) >= 11 is 0. The van der Waals surface area contributed by atoms with Crippen molar-refractivity contribution >= 4 is 10.0 Å². The van der Waals surface area contributed by atoms with Gasteiger partial charge < -0.3 is 9.47 Å². The number of nitrogens with one attached hydrogen (secondary N) is 1. The average molecular weight is 291 g/mol. The molecule has 8 heteroatoms. The van der Waals surface area contributed by atoms with Gasteiger partial charge in [-0.15, -0.1) is 0 Å². The van der Waals surface area contributed by atoms with Crippen molar-refractivity contribution in [3.05, 3.63) is 11.9 Å². The zero-order valence-electron chi connectivity index (χ0n) is 11.9. The summed E-state index contributed by atoms with van der Waals surface area (Å²) in [5.74, 6) is 0. The summed E-state index contributed by atoms with van der Waals surface area (Å²) in [4.78, 5) is 0.173. The van der Waals surface area contributed by atoms with Gasteiger partial charge in [-0.2, -0.15) is 5.10 Å². The third kappa shape index (κ3) is 4.00. The van der Waals surface area contributed by atoms with Crippen LogP contribution in [-0.2, 0) is 19.5 Å². The van der Waals surface area contributed by atoms with Crippen LogP contribution in [-0.4, -0.2) is 45.3 Å². The predicted molar refractivity (Wildman–Crippen MR) is 70.3 cm³/mol. The van der Waals surface area contributed by atoms with Crippen LogP contribution in [0.4, 0.5) is 0 Å². The molecule has 0 amide bonds. The Labute approximate surface area is 113 Å². The van der Waals surface area contributed by atoms with Crippen molar-refractivity contribution in [2.45, 2.75) is 38.0 Å². The SMILES string of the molecule is COC(CNS(=O)(=O)c1cn(C(C)C)nc1C)OC. The molecule has 0 spiro atoms. The Bertz CT molecular complexity index is 506. The van der Waals surface area contributed by atoms with E-state index in [2.05, 4.69) is 9.82 Å². The Kier molecular flexibility index (Phi) is 5.48. The van der Waals surface area contributed by atoms with E-state index in [9.17, 15) is 8.42 Å². The van der Waals surface area contributed by atoms with Crippen molar-refractivity contribution in [3.63, 3.8) is 0 Å². The van der Waals surface area contributed by atoms with Gasteiger partial charge in [-0.3, -0.25) is 4.68 Å². The number of aromatic nitrogens is 2. The first-order chi connectivity index (χ1) is 8.81. The summed E-state index contributed by atoms with van der Waals surface area (Å²) < 4.78 is 38.2. The maximum atomic E-state index is 12.1. The summed E-state index contributed by atoms with van der Waals surface area (Å²) in [6.07, 6.45) is 0.909. The third-order valence-corrected chi connectivity index (χ3v) is 4.18. The highest BCUT2D eigenvalue weighted by molar-refractivity contribution is 7.89. The van der Waals surface area contributed by atoms with Gasteiger partial charge in [-0.25, -0.2) is 13.1 Å². The zero-order chi connectivity index (χ0) is 14.6. The number of ether oxygens (including phenoxy) is 2. The van der Waals surface area contributed by atoms with E-state index in [1.807, 2.05) is 13.8 Å². The molecule has 0 aliphatic carbocycles. The Morgan fingerprint density at radius 3 is 2.37 bits per heavy atom. The lowest BCUT2D eigenvalue weighted by Gasteiger charge is -2.13. The number of rotatable bonds is 7. The minimum Gasteiger partial charge on any atom is -0.355 e. The molecular weight excluding hydrogens is 270 g/mol. The molecule has 0 bridgehead atoms. The highest BCUT2D eigenvalue weighted by Crippen LogP contribution is 2.15. The van der Waals surface area contributed by atoms with Crippen LogP contribution in [0.25, 0.3) is 0 Å². The van der Waals surface area contributed by atoms with Crippen LogP contribution in [0.15, 0.2) is 11.1 Å². The Balaban J connectivity index is 2.88. The average Bonchev–Trinajstić information content (AvgIpc) is 2.73. The fourth-order valence-electron chi connectivity index (χ4n) is 1.51. The predicted octanol–water partition coefficient (Wildman–Crippen LogP) is 0.670. The lowest BCUT2D eigenvalue weighted by Crippen LogP contribution is -2.34. The van der Waals surface area contributed by atoms with E-state index in [0.29, 0.717) is 5.69 Å². The first-order valence-corrected chi connectivity index (χ1v) is 7.41. The molecule has 0 saturated carbocycles. The molecular formula is C11H21N3O4S. The molecule has 110 valence electrons. The van der Waals surface area contributed by atoms with Crippen molar-refractivity contribution in [2.24, 2.45) is 0 Å². The first-order valence-electron chi connectivity index (χ1n) is 5.92. The monoisotopic (exact) mass is 291 g/mol. The van der Waals surface area contributed by atoms with Crippen LogP contribution in [0.3, 0.4) is 0 Å². The van der Waals surface area contributed by atoms with Crippen LogP contribution in [0.2, 0.25) is 0 Å². The van der Waals surface area contributed by atoms with Crippen molar-refractivity contribution in [1.29, 1.82) is 0 Å². The summed E-state index contributed by atoms with van der Waals surface area (Å²) in [6.45, 7) is 5.57. The van der Waals surface area contributed by atoms with Crippen LogP contribution >= 0.6 is 0 Å². The van der Waals surface area contributed by atoms with Gasteiger partial charge in [-0.05, 0) is 20.8 Å². The quantitative estimate of drug-likeness (QED) is 0.747. The second kappa shape index (κ2) is 6.47. The topological polar surface area (TPSA) is 82.5 Å². The van der Waals surface area contributed by atoms with E-state index in [-0.39, 0.29) is 17.5 Å². The second-order valence-electron chi connectivity index (χ2n) is 4.41. The molecule has 0 radical (unpaired) electrons. The maximum Gasteiger partial charge on any atom is 0.244 e. The molecule has 0 aliphatic rings. The molecule has 19 heavy (non-hydrogen) atoms. The van der Waals surface area contributed by atoms with E-state index in [1.165, 1.54) is 20.4 Å². The molecule has 0 unspecified atom stereocenters. The number of sulfonamides is 1. The number of hydrogen-bond acceptors (Lipinski definition) is 5. The van der Waals surface area contributed by atoms with Crippen molar-refractivity contribution in [3.8, 4) is 0 Å². The summed E-state index contributed by atoms with van der Waals surface area (Å²) in [5.41, 5.74) is 0.465. The largest absolute Gasteiger partial charge is 0.355 e. The first kappa shape index (κ1) is 16.1. The van der Waals surface area contributed by atoms with Crippen LogP contribution in [0.5, 0.6) is 0 Å². The lowest BCUT2D eigenvalue weighted by molar-refractivity contribution is -0.0960. The highest BCUT2D eigenvalue weighted by atomic mass is 32.2. The van der Waals surface area contributed by atoms with E-state index in [0.717, 1.165) is 0 Å². The van der Waals surface area contributed by atoms with Crippen LogP contribution < -0.4 is 4.72 Å². The van der Waals surface area contributed by atoms with Gasteiger partial charge in [0.2, 0.25) is 10.0 Å². The minimum absolute atomic E-state index is 0.0433. The number of methoxy groups -OCH3 is 2. The molecule has 1 aromatic rings. The van der Waals surface area contributed by atoms with Gasteiger partial charge in [0.25, 0.3) is 0 Å². The molecule has 0 aliphatic heterocycles. The van der Waals surface area contributed by atoms with E-state index in [1.54, 1.807) is 11.6 Å². The molecule has 1 aromatic heterocycles. The zero-order valence-corrected chi connectivity index (χ0v) is 12.7. The fourth-order valence-corrected chi connectivity index (χ4v) is 2.70. The van der Waals surface area contributed by atoms with Crippen molar-refractivity contribution in [2.75, 3.05) is 20.8 Å². The summed E-state index contributed by atoms with van der Waals surface area (Å²) in [5, 5.41) is 4.18. The van der Waals surface area contributed by atoms with E-state index < -0.39 is 16.3 Å². The fraction of sp³-hybridized carbons (Fsp3) is 0.727. The summed E-state index contributed by atoms with van der Waals surface area (Å²) in [7, 11) is -0.714. The molecule has 1 heterocycles. The summed E-state index contributed by atoms with van der Waals surface area (Å²) in [6, 6.07) is 0.105. The van der Waals surface area contributed by atoms with Gasteiger partial charge >= 0.3 is 0 Å². The Morgan fingerprint density at radius 1 is 1.37 bits per heavy atom. The van der Waals surface area contributed by atoms with Crippen LogP contribution in [0, 0.1) is 6.92 Å². The normalized spacial score (nSPS) is 12.6. The third-order valence-electron chi connectivity index (χ3n) is 2.66. The molecule has 1 N–H and O–H groups in total. The lowest BCUT2D eigenvalue weighted by atomic mass is 10.4. The smallest absolute Gasteiger partial charge is 0.244 e. The number of aryl methyl sites for hydroxylation is 1. The standard InChI is InChI=1S/C11H21N3O4S/c1-8(2)14-7-10(9(3)13-14)19(15,16)12-6-11(17-4)18-5/h7-8,11-12H,6H2,1-5H3. The highest BCUT2D eigenvalue weighted by Gasteiger charge is 2.22. The molecule has 1 rings (SSSR count). The van der Waals surface area contributed by atoms with Gasteiger partial charge in [0, 0.05) is 26.5 Å². The van der Waals surface area contributed by atoms with Gasteiger partial charge in [0.15, 0.2) is 6.29 Å². The van der Waals surface area contributed by atoms with E-state index >= 15 is 0 Å². The number of hydrogen-bond donors (Lipinski definition) is 1. The van der Waals surface area contributed by atoms with Crippen molar-refractivity contribution < 1.29 is 17.9 Å². The van der Waals surface area contributed by atoms with E-state index in [4.69, 9.17) is 9.47 Å². The van der Waals surface area contributed by atoms with Gasteiger partial charge in [-0.1, -0.05) is 0 Å². The Hall–Kier alpha value is -0.960. The second-order valence-corrected chi connectivity index (χ2v) is 6.14. The van der Waals surface area contributed by atoms with Crippen LogP contribution in [0.1, 0.15) is 25.6 Å². The molecule has 0 aromatic carbocycles.